The molecule has 0 aromatic rings. The summed E-state index contributed by atoms with van der Waals surface area (Å²) in [5, 5.41) is 9.34. The van der Waals surface area contributed by atoms with Crippen LogP contribution in [0.15, 0.2) is 0 Å². The van der Waals surface area contributed by atoms with Crippen LogP contribution in [-0.4, -0.2) is 60.3 Å². The summed E-state index contributed by atoms with van der Waals surface area (Å²) in [4.78, 5) is 4.80. The Morgan fingerprint density at radius 3 is 2.43 bits per heavy atom. The third-order valence-corrected chi connectivity index (χ3v) is 3.07. The molecule has 1 heterocycles. The van der Waals surface area contributed by atoms with E-state index in [1.165, 1.54) is 0 Å². The van der Waals surface area contributed by atoms with Gasteiger partial charge in [-0.2, -0.15) is 0 Å². The van der Waals surface area contributed by atoms with E-state index < -0.39 is 0 Å². The first-order chi connectivity index (χ1) is 6.50. The molecule has 0 bridgehead atoms. The van der Waals surface area contributed by atoms with Gasteiger partial charge in [-0.3, -0.25) is 4.90 Å². The highest BCUT2D eigenvalue weighted by atomic mass is 16.3. The summed E-state index contributed by atoms with van der Waals surface area (Å²) in [5.74, 6) is 0.691. The second-order valence-corrected chi connectivity index (χ2v) is 4.90. The predicted octanol–water partition coefficient (Wildman–Crippen LogP) is 0.639. The molecule has 1 N–H and O–H groups in total. The molecule has 0 aromatic heterocycles. The number of likely N-dealkylation sites (N-methyl/N-ethyl adjacent to an activating group) is 1. The van der Waals surface area contributed by atoms with E-state index >= 15 is 0 Å². The SMILES string of the molecule is CC(O)CN1CCN(C)C(C(C)C)C1. The van der Waals surface area contributed by atoms with Gasteiger partial charge in [0.15, 0.2) is 0 Å². The van der Waals surface area contributed by atoms with E-state index in [9.17, 15) is 5.11 Å². The summed E-state index contributed by atoms with van der Waals surface area (Å²) in [6.07, 6.45) is -0.203. The van der Waals surface area contributed by atoms with Crippen LogP contribution in [-0.2, 0) is 0 Å². The van der Waals surface area contributed by atoms with Gasteiger partial charge in [-0.25, -0.2) is 0 Å². The molecular formula is C11H24N2O. The topological polar surface area (TPSA) is 26.7 Å². The maximum Gasteiger partial charge on any atom is 0.0639 e. The molecule has 0 amide bonds. The molecule has 1 aliphatic heterocycles. The zero-order valence-corrected chi connectivity index (χ0v) is 9.90. The van der Waals surface area contributed by atoms with Crippen molar-refractivity contribution in [3.05, 3.63) is 0 Å². The number of aliphatic hydroxyl groups excluding tert-OH is 1. The van der Waals surface area contributed by atoms with Gasteiger partial charge in [0.2, 0.25) is 0 Å². The lowest BCUT2D eigenvalue weighted by molar-refractivity contribution is 0.0414. The van der Waals surface area contributed by atoms with Gasteiger partial charge in [0.05, 0.1) is 6.10 Å². The maximum atomic E-state index is 9.34. The fraction of sp³-hybridized carbons (Fsp3) is 1.00. The van der Waals surface area contributed by atoms with Gasteiger partial charge < -0.3 is 10.0 Å². The standard InChI is InChI=1S/C11H24N2O/c1-9(2)11-8-13(7-10(3)14)6-5-12(11)4/h9-11,14H,5-8H2,1-4H3. The van der Waals surface area contributed by atoms with Gasteiger partial charge >= 0.3 is 0 Å². The van der Waals surface area contributed by atoms with Crippen LogP contribution in [0, 0.1) is 5.92 Å². The summed E-state index contributed by atoms with van der Waals surface area (Å²) < 4.78 is 0. The minimum atomic E-state index is -0.203. The number of rotatable bonds is 3. The maximum absolute atomic E-state index is 9.34. The molecule has 1 rings (SSSR count). The second kappa shape index (κ2) is 5.10. The van der Waals surface area contributed by atoms with Gasteiger partial charge in [0, 0.05) is 32.2 Å². The first-order valence-corrected chi connectivity index (χ1v) is 5.61. The van der Waals surface area contributed by atoms with Crippen molar-refractivity contribution < 1.29 is 5.11 Å². The number of hydrogen-bond donors (Lipinski definition) is 1. The van der Waals surface area contributed by atoms with Crippen molar-refractivity contribution in [3.63, 3.8) is 0 Å². The lowest BCUT2D eigenvalue weighted by Crippen LogP contribution is -2.54. The van der Waals surface area contributed by atoms with Gasteiger partial charge in [-0.05, 0) is 19.9 Å². The summed E-state index contributed by atoms with van der Waals surface area (Å²) in [7, 11) is 2.20. The third-order valence-electron chi connectivity index (χ3n) is 3.07. The van der Waals surface area contributed by atoms with Gasteiger partial charge in [-0.1, -0.05) is 13.8 Å². The molecule has 14 heavy (non-hydrogen) atoms. The Labute approximate surface area is 87.7 Å². The summed E-state index contributed by atoms with van der Waals surface area (Å²) in [5.41, 5.74) is 0. The molecule has 84 valence electrons. The fourth-order valence-corrected chi connectivity index (χ4v) is 2.22. The van der Waals surface area contributed by atoms with Crippen LogP contribution >= 0.6 is 0 Å². The number of piperazine rings is 1. The summed E-state index contributed by atoms with van der Waals surface area (Å²) in [6, 6.07) is 0.641. The highest BCUT2D eigenvalue weighted by Gasteiger charge is 2.26. The average Bonchev–Trinajstić information content (AvgIpc) is 2.07. The van der Waals surface area contributed by atoms with Crippen molar-refractivity contribution in [3.8, 4) is 0 Å². The molecule has 0 spiro atoms. The lowest BCUT2D eigenvalue weighted by Gasteiger charge is -2.41. The van der Waals surface area contributed by atoms with E-state index in [1.807, 2.05) is 6.92 Å². The molecular weight excluding hydrogens is 176 g/mol. The fourth-order valence-electron chi connectivity index (χ4n) is 2.22. The molecule has 0 radical (unpaired) electrons. The number of β-amino-alcohol motifs (C(OH)–C–C–N with tert-alkyl or cyclic N) is 1. The van der Waals surface area contributed by atoms with Crippen molar-refractivity contribution in [1.29, 1.82) is 0 Å². The summed E-state index contributed by atoms with van der Waals surface area (Å²) >= 11 is 0. The van der Waals surface area contributed by atoms with Gasteiger partial charge in [0.25, 0.3) is 0 Å². The largest absolute Gasteiger partial charge is 0.392 e. The minimum Gasteiger partial charge on any atom is -0.392 e. The van der Waals surface area contributed by atoms with E-state index in [4.69, 9.17) is 0 Å². The highest BCUT2D eigenvalue weighted by molar-refractivity contribution is 4.82. The molecule has 2 unspecified atom stereocenters. The predicted molar refractivity (Wildman–Crippen MR) is 59.4 cm³/mol. The van der Waals surface area contributed by atoms with Crippen LogP contribution in [0.1, 0.15) is 20.8 Å². The summed E-state index contributed by atoms with van der Waals surface area (Å²) in [6.45, 7) is 10.5. The van der Waals surface area contributed by atoms with Crippen molar-refractivity contribution in [2.24, 2.45) is 5.92 Å². The average molecular weight is 200 g/mol. The van der Waals surface area contributed by atoms with Crippen LogP contribution in [0.5, 0.6) is 0 Å². The Bertz CT molecular complexity index is 171. The van der Waals surface area contributed by atoms with Crippen LogP contribution < -0.4 is 0 Å². The normalized spacial score (nSPS) is 28.3. The molecule has 0 saturated carbocycles. The van der Waals surface area contributed by atoms with E-state index in [2.05, 4.69) is 30.7 Å². The molecule has 1 fully saturated rings. The van der Waals surface area contributed by atoms with E-state index in [0.717, 1.165) is 26.2 Å². The van der Waals surface area contributed by atoms with Crippen molar-refractivity contribution in [2.75, 3.05) is 33.2 Å². The first-order valence-electron chi connectivity index (χ1n) is 5.61. The Morgan fingerprint density at radius 1 is 1.29 bits per heavy atom. The van der Waals surface area contributed by atoms with Crippen LogP contribution in [0.25, 0.3) is 0 Å². The van der Waals surface area contributed by atoms with Crippen molar-refractivity contribution >= 4 is 0 Å². The lowest BCUT2D eigenvalue weighted by atomic mass is 10.00. The molecule has 3 nitrogen and oxygen atoms in total. The zero-order chi connectivity index (χ0) is 10.7. The quantitative estimate of drug-likeness (QED) is 0.724. The van der Waals surface area contributed by atoms with E-state index in [-0.39, 0.29) is 6.10 Å². The molecule has 1 aliphatic rings. The van der Waals surface area contributed by atoms with Crippen LogP contribution in [0.4, 0.5) is 0 Å². The Balaban J connectivity index is 2.45. The molecule has 1 saturated heterocycles. The second-order valence-electron chi connectivity index (χ2n) is 4.90. The molecule has 2 atom stereocenters. The Morgan fingerprint density at radius 2 is 1.93 bits per heavy atom. The smallest absolute Gasteiger partial charge is 0.0639 e. The van der Waals surface area contributed by atoms with Gasteiger partial charge in [0.1, 0.15) is 0 Å². The Kier molecular flexibility index (Phi) is 4.35. The first kappa shape index (κ1) is 12.0. The van der Waals surface area contributed by atoms with Crippen molar-refractivity contribution in [1.82, 2.24) is 9.80 Å². The van der Waals surface area contributed by atoms with E-state index in [0.29, 0.717) is 12.0 Å². The molecule has 0 aromatic carbocycles. The third kappa shape index (κ3) is 3.23. The number of aliphatic hydroxyl groups is 1. The Hall–Kier alpha value is -0.120. The zero-order valence-electron chi connectivity index (χ0n) is 9.90. The van der Waals surface area contributed by atoms with Crippen molar-refractivity contribution in [2.45, 2.75) is 32.9 Å². The van der Waals surface area contributed by atoms with Crippen LogP contribution in [0.2, 0.25) is 0 Å². The molecule has 0 aliphatic carbocycles. The number of nitrogens with zero attached hydrogens (tertiary/aromatic N) is 2. The molecule has 3 heteroatoms. The van der Waals surface area contributed by atoms with Crippen LogP contribution in [0.3, 0.4) is 0 Å². The highest BCUT2D eigenvalue weighted by Crippen LogP contribution is 2.15. The minimum absolute atomic E-state index is 0.203. The van der Waals surface area contributed by atoms with Gasteiger partial charge in [-0.15, -0.1) is 0 Å². The van der Waals surface area contributed by atoms with E-state index in [1.54, 1.807) is 0 Å². The monoisotopic (exact) mass is 200 g/mol. The number of hydrogen-bond acceptors (Lipinski definition) is 3.